The van der Waals surface area contributed by atoms with Crippen LogP contribution in [-0.4, -0.2) is 15.0 Å². The number of aromatic amines is 1. The molecule has 0 saturated heterocycles. The largest absolute Gasteiger partial charge is 0.354 e. The minimum Gasteiger partial charge on any atom is -0.354 e. The van der Waals surface area contributed by atoms with Crippen LogP contribution in [0.15, 0.2) is 146 Å². The van der Waals surface area contributed by atoms with E-state index in [0.717, 1.165) is 61.5 Å². The number of aromatic nitrogens is 3. The van der Waals surface area contributed by atoms with Crippen molar-refractivity contribution in [1.29, 1.82) is 0 Å². The van der Waals surface area contributed by atoms with Gasteiger partial charge in [-0.25, -0.2) is 4.98 Å². The number of H-pyrrole nitrogens is 1. The molecule has 0 unspecified atom stereocenters. The first kappa shape index (κ1) is 32.4. The van der Waals surface area contributed by atoms with Gasteiger partial charge in [-0.05, 0) is 69.0 Å². The molecule has 0 fully saturated rings. The van der Waals surface area contributed by atoms with Crippen molar-refractivity contribution in [3.63, 3.8) is 0 Å². The SMILES string of the molecule is CC(C)(C)c1cc(-c2cc(-c3cccc(-c4ccc(-c5ccccc5)cn4)c3)nc(-c3cccc4c3[nH]c3ccccc34)c2)cc(C(C)(C)C)c1. The molecule has 0 amide bonds. The van der Waals surface area contributed by atoms with Crippen LogP contribution in [-0.2, 0) is 10.8 Å². The quantitative estimate of drug-likeness (QED) is 0.199. The van der Waals surface area contributed by atoms with Gasteiger partial charge in [-0.15, -0.1) is 0 Å². The lowest BCUT2D eigenvalue weighted by Gasteiger charge is -2.26. The molecule has 0 aliphatic carbocycles. The van der Waals surface area contributed by atoms with Gasteiger partial charge in [0.2, 0.25) is 0 Å². The normalized spacial score (nSPS) is 12.1. The van der Waals surface area contributed by atoms with Crippen molar-refractivity contribution in [2.24, 2.45) is 0 Å². The molecule has 250 valence electrons. The minimum absolute atomic E-state index is 0.00202. The van der Waals surface area contributed by atoms with Crippen LogP contribution >= 0.6 is 0 Å². The van der Waals surface area contributed by atoms with Crippen LogP contribution in [0.5, 0.6) is 0 Å². The van der Waals surface area contributed by atoms with E-state index in [1.54, 1.807) is 0 Å². The highest BCUT2D eigenvalue weighted by atomic mass is 14.7. The summed E-state index contributed by atoms with van der Waals surface area (Å²) in [6.45, 7) is 13.8. The molecule has 3 nitrogen and oxygen atoms in total. The van der Waals surface area contributed by atoms with Gasteiger partial charge in [0.1, 0.15) is 0 Å². The minimum atomic E-state index is 0.00202. The van der Waals surface area contributed by atoms with E-state index < -0.39 is 0 Å². The molecule has 0 saturated carbocycles. The predicted octanol–water partition coefficient (Wildman–Crippen LogP) is 13.0. The Hall–Kier alpha value is -5.80. The number of rotatable bonds is 5. The van der Waals surface area contributed by atoms with E-state index in [-0.39, 0.29) is 10.8 Å². The zero-order valence-electron chi connectivity index (χ0n) is 30.3. The first-order chi connectivity index (χ1) is 24.5. The Kier molecular flexibility index (Phi) is 7.95. The molecule has 0 aliphatic rings. The molecular weight excluding hydrogens is 619 g/mol. The Balaban J connectivity index is 1.31. The van der Waals surface area contributed by atoms with Crippen molar-refractivity contribution in [3.8, 4) is 56.0 Å². The summed E-state index contributed by atoms with van der Waals surface area (Å²) in [7, 11) is 0. The van der Waals surface area contributed by atoms with Crippen LogP contribution in [0.3, 0.4) is 0 Å². The summed E-state index contributed by atoms with van der Waals surface area (Å²) in [5.41, 5.74) is 15.5. The number of pyridine rings is 2. The molecular formula is C48H43N3. The van der Waals surface area contributed by atoms with Gasteiger partial charge in [0.05, 0.1) is 22.6 Å². The van der Waals surface area contributed by atoms with Crippen molar-refractivity contribution in [2.75, 3.05) is 0 Å². The van der Waals surface area contributed by atoms with Crippen molar-refractivity contribution >= 4 is 21.8 Å². The topological polar surface area (TPSA) is 41.6 Å². The third-order valence-electron chi connectivity index (χ3n) is 9.97. The number of benzene rings is 5. The molecule has 0 spiro atoms. The lowest BCUT2D eigenvalue weighted by molar-refractivity contribution is 0.569. The zero-order chi connectivity index (χ0) is 35.3. The summed E-state index contributed by atoms with van der Waals surface area (Å²) in [5.74, 6) is 0. The van der Waals surface area contributed by atoms with Crippen molar-refractivity contribution in [1.82, 2.24) is 15.0 Å². The van der Waals surface area contributed by atoms with E-state index in [1.807, 2.05) is 12.3 Å². The summed E-state index contributed by atoms with van der Waals surface area (Å²) < 4.78 is 0. The number of hydrogen-bond acceptors (Lipinski definition) is 2. The Morgan fingerprint density at radius 2 is 1.04 bits per heavy atom. The molecule has 3 heteroatoms. The van der Waals surface area contributed by atoms with Crippen LogP contribution < -0.4 is 0 Å². The lowest BCUT2D eigenvalue weighted by Crippen LogP contribution is -2.16. The maximum atomic E-state index is 5.41. The van der Waals surface area contributed by atoms with Crippen LogP contribution in [0.1, 0.15) is 52.7 Å². The molecule has 8 aromatic rings. The second-order valence-corrected chi connectivity index (χ2v) is 15.7. The number of fused-ring (bicyclic) bond motifs is 3. The van der Waals surface area contributed by atoms with Crippen LogP contribution in [0.4, 0.5) is 0 Å². The van der Waals surface area contributed by atoms with Gasteiger partial charge >= 0.3 is 0 Å². The van der Waals surface area contributed by atoms with Crippen molar-refractivity contribution in [3.05, 3.63) is 157 Å². The monoisotopic (exact) mass is 661 g/mol. The lowest BCUT2D eigenvalue weighted by atomic mass is 9.79. The predicted molar refractivity (Wildman–Crippen MR) is 216 cm³/mol. The second kappa shape index (κ2) is 12.5. The highest BCUT2D eigenvalue weighted by Gasteiger charge is 2.22. The smallest absolute Gasteiger partial charge is 0.0736 e. The zero-order valence-corrected chi connectivity index (χ0v) is 30.3. The molecule has 0 atom stereocenters. The molecule has 3 heterocycles. The molecule has 1 N–H and O–H groups in total. The van der Waals surface area contributed by atoms with Crippen LogP contribution in [0.2, 0.25) is 0 Å². The Morgan fingerprint density at radius 3 is 1.75 bits per heavy atom. The van der Waals surface area contributed by atoms with Gasteiger partial charge in [-0.2, -0.15) is 0 Å². The van der Waals surface area contributed by atoms with E-state index >= 15 is 0 Å². The van der Waals surface area contributed by atoms with E-state index in [1.165, 1.54) is 27.5 Å². The van der Waals surface area contributed by atoms with Gasteiger partial charge < -0.3 is 4.98 Å². The van der Waals surface area contributed by atoms with Gasteiger partial charge in [-0.3, -0.25) is 4.98 Å². The molecule has 0 bridgehead atoms. The van der Waals surface area contributed by atoms with E-state index in [9.17, 15) is 0 Å². The van der Waals surface area contributed by atoms with Crippen molar-refractivity contribution < 1.29 is 0 Å². The standard InChI is InChI=1S/C48H43N3/c1-47(2,3)37-25-35(26-38(29-37)48(4,5)6)36-27-44(50-45(28-36)41-20-13-19-40-39-18-10-11-21-43(39)51-46(40)41)33-17-12-16-32(24-33)42-23-22-34(30-49-42)31-14-8-7-9-15-31/h7-30,51H,1-6H3. The Labute approximate surface area is 301 Å². The average Bonchev–Trinajstić information content (AvgIpc) is 3.53. The first-order valence-corrected chi connectivity index (χ1v) is 17.8. The third-order valence-corrected chi connectivity index (χ3v) is 9.97. The van der Waals surface area contributed by atoms with E-state index in [0.29, 0.717) is 0 Å². The molecule has 0 radical (unpaired) electrons. The van der Waals surface area contributed by atoms with Gasteiger partial charge in [0.15, 0.2) is 0 Å². The Bertz CT molecular complexity index is 2490. The summed E-state index contributed by atoms with van der Waals surface area (Å²) in [5, 5.41) is 2.42. The maximum absolute atomic E-state index is 5.41. The Morgan fingerprint density at radius 1 is 0.431 bits per heavy atom. The van der Waals surface area contributed by atoms with Crippen molar-refractivity contribution in [2.45, 2.75) is 52.4 Å². The third kappa shape index (κ3) is 6.37. The summed E-state index contributed by atoms with van der Waals surface area (Å²) in [6, 6.07) is 50.0. The van der Waals surface area contributed by atoms with Gasteiger partial charge in [0, 0.05) is 44.7 Å². The van der Waals surface area contributed by atoms with Crippen LogP contribution in [0.25, 0.3) is 77.8 Å². The molecule has 8 rings (SSSR count). The number of hydrogen-bond donors (Lipinski definition) is 1. The molecule has 51 heavy (non-hydrogen) atoms. The molecule has 0 aliphatic heterocycles. The summed E-state index contributed by atoms with van der Waals surface area (Å²) >= 11 is 0. The van der Waals surface area contributed by atoms with Gasteiger partial charge in [-0.1, -0.05) is 151 Å². The number of nitrogens with zero attached hydrogens (tertiary/aromatic N) is 2. The second-order valence-electron chi connectivity index (χ2n) is 15.7. The summed E-state index contributed by atoms with van der Waals surface area (Å²) in [4.78, 5) is 14.0. The van der Waals surface area contributed by atoms with Crippen LogP contribution in [0, 0.1) is 0 Å². The summed E-state index contributed by atoms with van der Waals surface area (Å²) in [6.07, 6.45) is 1.96. The number of nitrogens with one attached hydrogen (secondary N) is 1. The molecule has 5 aromatic carbocycles. The van der Waals surface area contributed by atoms with E-state index in [4.69, 9.17) is 9.97 Å². The first-order valence-electron chi connectivity index (χ1n) is 17.8. The maximum Gasteiger partial charge on any atom is 0.0736 e. The fourth-order valence-electron chi connectivity index (χ4n) is 6.93. The van der Waals surface area contributed by atoms with Gasteiger partial charge in [0.25, 0.3) is 0 Å². The highest BCUT2D eigenvalue weighted by molar-refractivity contribution is 6.11. The van der Waals surface area contributed by atoms with E-state index in [2.05, 4.69) is 180 Å². The number of para-hydroxylation sites is 2. The fraction of sp³-hybridized carbons (Fsp3) is 0.167. The average molecular weight is 662 g/mol. The molecule has 3 aromatic heterocycles. The highest BCUT2D eigenvalue weighted by Crippen LogP contribution is 2.39. The fourth-order valence-corrected chi connectivity index (χ4v) is 6.93.